The smallest absolute Gasteiger partial charge is 0.238 e. The van der Waals surface area contributed by atoms with Gasteiger partial charge in [-0.2, -0.15) is 0 Å². The number of para-hydroxylation sites is 1. The molecule has 0 atom stereocenters. The average molecular weight is 364 g/mol. The zero-order chi connectivity index (χ0) is 18.9. The van der Waals surface area contributed by atoms with Gasteiger partial charge in [0.2, 0.25) is 11.8 Å². The number of likely N-dealkylation sites (N-methyl/N-ethyl adjacent to an activating group) is 1. The number of nitrogens with zero attached hydrogens (tertiary/aromatic N) is 1. The zero-order valence-corrected chi connectivity index (χ0v) is 16.4. The van der Waals surface area contributed by atoms with Gasteiger partial charge in [-0.15, -0.1) is 18.3 Å². The summed E-state index contributed by atoms with van der Waals surface area (Å²) in [7, 11) is 0. The van der Waals surface area contributed by atoms with Crippen molar-refractivity contribution >= 4 is 29.3 Å². The number of amides is 2. The first-order chi connectivity index (χ1) is 11.7. The van der Waals surface area contributed by atoms with Gasteiger partial charge in [0.05, 0.1) is 18.8 Å². The number of hydrogen-bond donors (Lipinski definition) is 2. The highest BCUT2D eigenvalue weighted by atomic mass is 32.2. The Morgan fingerprint density at radius 1 is 1.20 bits per heavy atom. The Labute approximate surface area is 155 Å². The number of rotatable bonds is 9. The monoisotopic (exact) mass is 363 g/mol. The largest absolute Gasteiger partial charge is 0.350 e. The van der Waals surface area contributed by atoms with Gasteiger partial charge in [0.1, 0.15) is 0 Å². The van der Waals surface area contributed by atoms with Gasteiger partial charge in [-0.05, 0) is 39.4 Å². The van der Waals surface area contributed by atoms with E-state index in [0.29, 0.717) is 6.54 Å². The Balaban J connectivity index is 2.62. The predicted molar refractivity (Wildman–Crippen MR) is 106 cm³/mol. The fraction of sp³-hybridized carbons (Fsp3) is 0.474. The Morgan fingerprint density at radius 2 is 1.84 bits per heavy atom. The Morgan fingerprint density at radius 3 is 2.44 bits per heavy atom. The molecule has 25 heavy (non-hydrogen) atoms. The first-order valence-corrected chi connectivity index (χ1v) is 9.39. The first kappa shape index (κ1) is 21.3. The molecule has 0 bridgehead atoms. The number of carbonyl (C=O) groups is 2. The van der Waals surface area contributed by atoms with Crippen LogP contribution in [0.15, 0.2) is 41.8 Å². The highest BCUT2D eigenvalue weighted by molar-refractivity contribution is 7.99. The highest BCUT2D eigenvalue weighted by Gasteiger charge is 2.18. The summed E-state index contributed by atoms with van der Waals surface area (Å²) >= 11 is 1.62. The molecule has 0 aliphatic heterocycles. The van der Waals surface area contributed by atoms with Crippen LogP contribution >= 0.6 is 11.8 Å². The molecule has 0 radical (unpaired) electrons. The third kappa shape index (κ3) is 8.74. The maximum atomic E-state index is 12.4. The van der Waals surface area contributed by atoms with Crippen LogP contribution in [0.25, 0.3) is 0 Å². The molecule has 0 saturated carbocycles. The van der Waals surface area contributed by atoms with E-state index in [1.807, 2.05) is 62.9 Å². The second kappa shape index (κ2) is 10.3. The number of anilines is 1. The highest BCUT2D eigenvalue weighted by Crippen LogP contribution is 2.26. The minimum absolute atomic E-state index is 0.0795. The summed E-state index contributed by atoms with van der Waals surface area (Å²) in [6, 6.07) is 7.68. The molecule has 0 fully saturated rings. The summed E-state index contributed by atoms with van der Waals surface area (Å²) in [5.41, 5.74) is 0.509. The normalized spacial score (nSPS) is 11.2. The fourth-order valence-electron chi connectivity index (χ4n) is 2.18. The molecule has 5 nitrogen and oxygen atoms in total. The second-order valence-electron chi connectivity index (χ2n) is 6.75. The van der Waals surface area contributed by atoms with Gasteiger partial charge in [-0.3, -0.25) is 14.5 Å². The van der Waals surface area contributed by atoms with Crippen molar-refractivity contribution in [1.82, 2.24) is 10.2 Å². The SMILES string of the molecule is C=CCSc1ccccc1NC(=O)CN(CC)CC(=O)NC(C)(C)C. The van der Waals surface area contributed by atoms with Crippen molar-refractivity contribution in [3.63, 3.8) is 0 Å². The molecule has 138 valence electrons. The molecular formula is C19H29N3O2S. The van der Waals surface area contributed by atoms with E-state index in [1.54, 1.807) is 11.8 Å². The minimum Gasteiger partial charge on any atom is -0.350 e. The van der Waals surface area contributed by atoms with Crippen LogP contribution in [0.3, 0.4) is 0 Å². The summed E-state index contributed by atoms with van der Waals surface area (Å²) in [6.45, 7) is 12.5. The van der Waals surface area contributed by atoms with E-state index in [1.165, 1.54) is 0 Å². The maximum Gasteiger partial charge on any atom is 0.238 e. The number of carbonyl (C=O) groups excluding carboxylic acids is 2. The second-order valence-corrected chi connectivity index (χ2v) is 7.81. The Hall–Kier alpha value is -1.79. The summed E-state index contributed by atoms with van der Waals surface area (Å²) in [5, 5.41) is 5.85. The first-order valence-electron chi connectivity index (χ1n) is 8.41. The van der Waals surface area contributed by atoms with Gasteiger partial charge in [-0.25, -0.2) is 0 Å². The predicted octanol–water partition coefficient (Wildman–Crippen LogP) is 3.14. The van der Waals surface area contributed by atoms with E-state index < -0.39 is 0 Å². The lowest BCUT2D eigenvalue weighted by molar-refractivity contribution is -0.124. The van der Waals surface area contributed by atoms with Gasteiger partial charge < -0.3 is 10.6 Å². The van der Waals surface area contributed by atoms with Crippen LogP contribution in [0.2, 0.25) is 0 Å². The number of nitrogens with one attached hydrogen (secondary N) is 2. The van der Waals surface area contributed by atoms with Crippen LogP contribution in [-0.2, 0) is 9.59 Å². The van der Waals surface area contributed by atoms with E-state index in [4.69, 9.17) is 0 Å². The summed E-state index contributed by atoms with van der Waals surface area (Å²) in [6.07, 6.45) is 1.83. The van der Waals surface area contributed by atoms with Crippen LogP contribution in [0.5, 0.6) is 0 Å². The molecule has 0 aromatic heterocycles. The third-order valence-electron chi connectivity index (χ3n) is 3.21. The van der Waals surface area contributed by atoms with Crippen molar-refractivity contribution in [3.05, 3.63) is 36.9 Å². The molecule has 0 spiro atoms. The van der Waals surface area contributed by atoms with E-state index in [2.05, 4.69) is 17.2 Å². The molecule has 1 aromatic rings. The van der Waals surface area contributed by atoms with Crippen molar-refractivity contribution in [2.75, 3.05) is 30.7 Å². The van der Waals surface area contributed by atoms with Crippen LogP contribution in [0.4, 0.5) is 5.69 Å². The third-order valence-corrected chi connectivity index (χ3v) is 4.28. The lowest BCUT2D eigenvalue weighted by Crippen LogP contribution is -2.47. The van der Waals surface area contributed by atoms with E-state index in [0.717, 1.165) is 16.3 Å². The maximum absolute atomic E-state index is 12.4. The number of benzene rings is 1. The van der Waals surface area contributed by atoms with Gasteiger partial charge >= 0.3 is 0 Å². The van der Waals surface area contributed by atoms with Crippen LogP contribution < -0.4 is 10.6 Å². The van der Waals surface area contributed by atoms with Gasteiger partial charge in [0, 0.05) is 16.2 Å². The van der Waals surface area contributed by atoms with E-state index in [-0.39, 0.29) is 30.4 Å². The zero-order valence-electron chi connectivity index (χ0n) is 15.6. The van der Waals surface area contributed by atoms with Gasteiger partial charge in [0.25, 0.3) is 0 Å². The minimum atomic E-state index is -0.278. The molecule has 1 rings (SSSR count). The lowest BCUT2D eigenvalue weighted by Gasteiger charge is -2.24. The van der Waals surface area contributed by atoms with Crippen molar-refractivity contribution in [2.24, 2.45) is 0 Å². The molecule has 0 unspecified atom stereocenters. The molecule has 0 saturated heterocycles. The average Bonchev–Trinajstić information content (AvgIpc) is 2.51. The molecule has 1 aromatic carbocycles. The standard InChI is InChI=1S/C19H29N3O2S/c1-6-12-25-16-11-9-8-10-15(16)20-17(23)13-22(7-2)14-18(24)21-19(3,4)5/h6,8-11H,1,7,12-14H2,2-5H3,(H,20,23)(H,21,24). The van der Waals surface area contributed by atoms with Crippen molar-refractivity contribution in [1.29, 1.82) is 0 Å². The number of thioether (sulfide) groups is 1. The molecule has 0 aliphatic carbocycles. The van der Waals surface area contributed by atoms with Crippen LogP contribution in [-0.4, -0.2) is 47.6 Å². The fourth-order valence-corrected chi connectivity index (χ4v) is 2.92. The van der Waals surface area contributed by atoms with Gasteiger partial charge in [-0.1, -0.05) is 25.1 Å². The van der Waals surface area contributed by atoms with Crippen LogP contribution in [0, 0.1) is 0 Å². The van der Waals surface area contributed by atoms with Crippen molar-refractivity contribution in [3.8, 4) is 0 Å². The topological polar surface area (TPSA) is 61.4 Å². The lowest BCUT2D eigenvalue weighted by atomic mass is 10.1. The summed E-state index contributed by atoms with van der Waals surface area (Å²) in [4.78, 5) is 27.2. The van der Waals surface area contributed by atoms with Crippen molar-refractivity contribution in [2.45, 2.75) is 38.1 Å². The van der Waals surface area contributed by atoms with E-state index >= 15 is 0 Å². The summed E-state index contributed by atoms with van der Waals surface area (Å²) < 4.78 is 0. The Bertz CT molecular complexity index is 597. The van der Waals surface area contributed by atoms with Crippen LogP contribution in [0.1, 0.15) is 27.7 Å². The molecule has 0 heterocycles. The van der Waals surface area contributed by atoms with Crippen molar-refractivity contribution < 1.29 is 9.59 Å². The molecule has 0 aliphatic rings. The van der Waals surface area contributed by atoms with Gasteiger partial charge in [0.15, 0.2) is 0 Å². The Kier molecular flexibility index (Phi) is 8.72. The summed E-state index contributed by atoms with van der Waals surface area (Å²) in [5.74, 6) is 0.571. The quantitative estimate of drug-likeness (QED) is 0.523. The molecular weight excluding hydrogens is 334 g/mol. The molecule has 6 heteroatoms. The number of hydrogen-bond acceptors (Lipinski definition) is 4. The molecule has 2 amide bonds. The molecule has 2 N–H and O–H groups in total. The van der Waals surface area contributed by atoms with E-state index in [9.17, 15) is 9.59 Å².